The van der Waals surface area contributed by atoms with Crippen molar-refractivity contribution in [3.8, 4) is 5.69 Å². The highest BCUT2D eigenvalue weighted by Gasteiger charge is 2.32. The fourth-order valence-electron chi connectivity index (χ4n) is 2.84. The van der Waals surface area contributed by atoms with Crippen LogP contribution < -0.4 is 10.3 Å². The Hall–Kier alpha value is -2.96. The smallest absolute Gasteiger partial charge is 0.202 e. The van der Waals surface area contributed by atoms with Crippen LogP contribution in [0, 0.1) is 5.82 Å². The number of alkyl halides is 3. The molecule has 0 N–H and O–H groups in total. The first-order valence-corrected chi connectivity index (χ1v) is 7.01. The molecule has 0 atom stereocenters. The molecule has 2 aromatic heterocycles. The average molecular weight is 333 g/mol. The first-order valence-electron chi connectivity index (χ1n) is 7.01. The summed E-state index contributed by atoms with van der Waals surface area (Å²) in [6.45, 7) is 0. The minimum Gasteiger partial charge on any atom is -0.202 e. The molecule has 0 amide bonds. The molecule has 0 unspecified atom stereocenters. The van der Waals surface area contributed by atoms with Gasteiger partial charge >= 0.3 is 11.9 Å². The highest BCUT2D eigenvalue weighted by Crippen LogP contribution is 2.30. The van der Waals surface area contributed by atoms with Crippen LogP contribution in [0.1, 0.15) is 5.56 Å². The van der Waals surface area contributed by atoms with Crippen LogP contribution in [0.4, 0.5) is 17.6 Å². The van der Waals surface area contributed by atoms with Gasteiger partial charge in [0, 0.05) is 11.5 Å². The Balaban J connectivity index is 2.07. The van der Waals surface area contributed by atoms with Crippen molar-refractivity contribution in [1.82, 2.24) is 4.40 Å². The second kappa shape index (κ2) is 4.77. The van der Waals surface area contributed by atoms with Gasteiger partial charge in [-0.3, -0.25) is 0 Å². The molecule has 0 aliphatic carbocycles. The first-order chi connectivity index (χ1) is 11.4. The van der Waals surface area contributed by atoms with Crippen LogP contribution in [-0.2, 0) is 6.18 Å². The standard InChI is InChI=1S/C17H9F4N2O/c18-13-5-4-12(17(19,20)21)8-14(13)23-9-11-3-1-2-10-6-7-22(15(10)11)16(23)24/h1-9H/q+1. The van der Waals surface area contributed by atoms with E-state index in [-0.39, 0.29) is 0 Å². The minimum absolute atomic E-state index is 0.439. The Morgan fingerprint density at radius 1 is 1.00 bits per heavy atom. The summed E-state index contributed by atoms with van der Waals surface area (Å²) in [6.07, 6.45) is -1.76. The zero-order chi connectivity index (χ0) is 17.1. The number of halogens is 4. The molecule has 120 valence electrons. The lowest BCUT2D eigenvalue weighted by Crippen LogP contribution is -2.51. The third-order valence-electron chi connectivity index (χ3n) is 3.96. The van der Waals surface area contributed by atoms with Crippen LogP contribution in [0.5, 0.6) is 0 Å². The lowest BCUT2D eigenvalue weighted by molar-refractivity contribution is -0.616. The lowest BCUT2D eigenvalue weighted by atomic mass is 10.1. The molecule has 0 bridgehead atoms. The van der Waals surface area contributed by atoms with Crippen molar-refractivity contribution in [2.75, 3.05) is 0 Å². The van der Waals surface area contributed by atoms with E-state index < -0.39 is 28.9 Å². The first kappa shape index (κ1) is 14.6. The zero-order valence-corrected chi connectivity index (χ0v) is 12.0. The predicted octanol–water partition coefficient (Wildman–Crippen LogP) is 3.33. The van der Waals surface area contributed by atoms with Crippen molar-refractivity contribution in [1.29, 1.82) is 0 Å². The number of nitrogens with zero attached hydrogens (tertiary/aromatic N) is 2. The summed E-state index contributed by atoms with van der Waals surface area (Å²) in [6, 6.07) is 9.00. The van der Waals surface area contributed by atoms with Gasteiger partial charge in [-0.05, 0) is 24.3 Å². The topological polar surface area (TPSA) is 25.4 Å². The van der Waals surface area contributed by atoms with Crippen LogP contribution in [0.25, 0.3) is 22.0 Å². The van der Waals surface area contributed by atoms with E-state index in [1.165, 1.54) is 16.8 Å². The van der Waals surface area contributed by atoms with Gasteiger partial charge in [0.05, 0.1) is 10.9 Å². The summed E-state index contributed by atoms with van der Waals surface area (Å²) in [7, 11) is 0. The highest BCUT2D eigenvalue weighted by molar-refractivity contribution is 5.95. The molecular formula is C17H9F4N2O+. The number of hydrogen-bond acceptors (Lipinski definition) is 1. The SMILES string of the molecule is O=c1n2ccc3cccc(c[n+]1-c1cc(C(F)(F)F)ccc1F)c32. The van der Waals surface area contributed by atoms with Gasteiger partial charge in [0.15, 0.2) is 17.0 Å². The third-order valence-corrected chi connectivity index (χ3v) is 3.96. The second-order valence-corrected chi connectivity index (χ2v) is 5.42. The van der Waals surface area contributed by atoms with Crippen molar-refractivity contribution in [2.24, 2.45) is 0 Å². The van der Waals surface area contributed by atoms with Gasteiger partial charge in [-0.25, -0.2) is 4.39 Å². The summed E-state index contributed by atoms with van der Waals surface area (Å²) in [5.74, 6) is -0.907. The summed E-state index contributed by atoms with van der Waals surface area (Å²) >= 11 is 0. The lowest BCUT2D eigenvalue weighted by Gasteiger charge is -2.08. The molecule has 4 aromatic rings. The van der Waals surface area contributed by atoms with Crippen molar-refractivity contribution in [2.45, 2.75) is 6.18 Å². The molecule has 24 heavy (non-hydrogen) atoms. The Morgan fingerprint density at radius 3 is 2.50 bits per heavy atom. The van der Waals surface area contributed by atoms with E-state index in [0.717, 1.165) is 9.95 Å². The minimum atomic E-state index is -4.63. The molecule has 0 fully saturated rings. The third kappa shape index (κ3) is 2.05. The van der Waals surface area contributed by atoms with Gasteiger partial charge in [0.25, 0.3) is 0 Å². The van der Waals surface area contributed by atoms with Crippen LogP contribution in [0.2, 0.25) is 0 Å². The average Bonchev–Trinajstić information content (AvgIpc) is 2.96. The number of aromatic nitrogens is 2. The van der Waals surface area contributed by atoms with E-state index in [2.05, 4.69) is 0 Å². The molecule has 0 saturated carbocycles. The van der Waals surface area contributed by atoms with Gasteiger partial charge in [0.2, 0.25) is 0 Å². The van der Waals surface area contributed by atoms with Crippen LogP contribution in [-0.4, -0.2) is 4.40 Å². The highest BCUT2D eigenvalue weighted by atomic mass is 19.4. The molecular weight excluding hydrogens is 324 g/mol. The molecule has 3 nitrogen and oxygen atoms in total. The predicted molar refractivity (Wildman–Crippen MR) is 78.9 cm³/mol. The number of benzene rings is 2. The maximum Gasteiger partial charge on any atom is 0.508 e. The van der Waals surface area contributed by atoms with Crippen molar-refractivity contribution in [3.05, 3.63) is 76.7 Å². The fraction of sp³-hybridized carbons (Fsp3) is 0.0588. The van der Waals surface area contributed by atoms with Crippen LogP contribution >= 0.6 is 0 Å². The van der Waals surface area contributed by atoms with Crippen LogP contribution in [0.3, 0.4) is 0 Å². The van der Waals surface area contributed by atoms with E-state index >= 15 is 0 Å². The molecule has 0 aliphatic rings. The summed E-state index contributed by atoms with van der Waals surface area (Å²) in [5.41, 5.74) is -1.45. The van der Waals surface area contributed by atoms with Gasteiger partial charge in [0.1, 0.15) is 12.4 Å². The molecule has 2 heterocycles. The normalized spacial score (nSPS) is 12.3. The van der Waals surface area contributed by atoms with Crippen molar-refractivity contribution in [3.63, 3.8) is 0 Å². The van der Waals surface area contributed by atoms with Crippen LogP contribution in [0.15, 0.2) is 59.7 Å². The fourth-order valence-corrected chi connectivity index (χ4v) is 2.84. The monoisotopic (exact) mass is 333 g/mol. The molecule has 2 aromatic carbocycles. The molecule has 0 radical (unpaired) electrons. The summed E-state index contributed by atoms with van der Waals surface area (Å²) < 4.78 is 55.0. The Morgan fingerprint density at radius 2 is 1.75 bits per heavy atom. The maximum absolute atomic E-state index is 14.1. The largest absolute Gasteiger partial charge is 0.508 e. The van der Waals surface area contributed by atoms with Crippen molar-refractivity contribution < 1.29 is 22.1 Å². The van der Waals surface area contributed by atoms with E-state index in [0.29, 0.717) is 29.1 Å². The Labute approximate surface area is 132 Å². The number of rotatable bonds is 1. The molecule has 7 heteroatoms. The Bertz CT molecular complexity index is 1130. The number of para-hydroxylation sites is 1. The van der Waals surface area contributed by atoms with E-state index in [9.17, 15) is 22.4 Å². The van der Waals surface area contributed by atoms with Gasteiger partial charge in [-0.1, -0.05) is 12.1 Å². The number of hydrogen-bond donors (Lipinski definition) is 0. The van der Waals surface area contributed by atoms with E-state index in [1.807, 2.05) is 6.07 Å². The van der Waals surface area contributed by atoms with Gasteiger partial charge in [-0.2, -0.15) is 26.9 Å². The van der Waals surface area contributed by atoms with E-state index in [1.54, 1.807) is 18.2 Å². The van der Waals surface area contributed by atoms with E-state index in [4.69, 9.17) is 0 Å². The molecule has 0 aliphatic heterocycles. The van der Waals surface area contributed by atoms with Gasteiger partial charge < -0.3 is 0 Å². The maximum atomic E-state index is 14.1. The zero-order valence-electron chi connectivity index (χ0n) is 12.0. The summed E-state index contributed by atoms with van der Waals surface area (Å²) in [4.78, 5) is 12.6. The molecule has 4 rings (SSSR count). The summed E-state index contributed by atoms with van der Waals surface area (Å²) in [5, 5.41) is 1.44. The van der Waals surface area contributed by atoms with Crippen molar-refractivity contribution >= 4 is 16.3 Å². The molecule has 0 saturated heterocycles. The second-order valence-electron chi connectivity index (χ2n) is 5.42. The molecule has 0 spiro atoms. The van der Waals surface area contributed by atoms with Gasteiger partial charge in [-0.15, -0.1) is 0 Å². The quantitative estimate of drug-likeness (QED) is 0.387. The Kier molecular flexibility index (Phi) is 2.90.